The Hall–Kier alpha value is -1.27. The van der Waals surface area contributed by atoms with Crippen molar-refractivity contribution >= 4 is 11.3 Å². The highest BCUT2D eigenvalue weighted by Gasteiger charge is 2.17. The number of nitrogens with one attached hydrogen (secondary N) is 1. The van der Waals surface area contributed by atoms with Gasteiger partial charge in [0.1, 0.15) is 5.01 Å². The molecular weight excluding hydrogens is 260 g/mol. The minimum absolute atomic E-state index is 0.121. The Kier molecular flexibility index (Phi) is 4.31. The fraction of sp³-hybridized carbons (Fsp3) is 0.615. The highest BCUT2D eigenvalue weighted by atomic mass is 32.1. The Labute approximate surface area is 117 Å². The normalized spacial score (nSPS) is 12.0. The first-order valence-corrected chi connectivity index (χ1v) is 7.28. The van der Waals surface area contributed by atoms with E-state index in [0.717, 1.165) is 30.2 Å². The first kappa shape index (κ1) is 14.1. The predicted octanol–water partition coefficient (Wildman–Crippen LogP) is 2.46. The monoisotopic (exact) mass is 280 g/mol. The van der Waals surface area contributed by atoms with Gasteiger partial charge in [0.2, 0.25) is 5.89 Å². The van der Waals surface area contributed by atoms with E-state index in [1.165, 1.54) is 0 Å². The molecule has 0 aliphatic heterocycles. The number of aromatic nitrogens is 3. The summed E-state index contributed by atoms with van der Waals surface area (Å²) in [5.74, 6) is 1.37. The average molecular weight is 280 g/mol. The molecule has 2 rings (SSSR count). The Balaban J connectivity index is 1.75. The fourth-order valence-corrected chi connectivity index (χ4v) is 2.56. The molecule has 0 bridgehead atoms. The van der Waals surface area contributed by atoms with Gasteiger partial charge in [-0.2, -0.15) is 4.98 Å². The molecule has 5 nitrogen and oxygen atoms in total. The maximum absolute atomic E-state index is 5.05. The highest BCUT2D eigenvalue weighted by molar-refractivity contribution is 7.09. The molecular formula is C13H20N4OS. The lowest BCUT2D eigenvalue weighted by Crippen LogP contribution is -2.17. The van der Waals surface area contributed by atoms with Gasteiger partial charge in [0, 0.05) is 30.3 Å². The molecule has 0 aliphatic carbocycles. The standard InChI is InChI=1S/C13H20N4OS/c1-9-15-11(18-17-9)5-6-14-7-12-16-10(8-19-12)13(2,3)4/h8,14H,5-7H2,1-4H3. The molecule has 0 fully saturated rings. The number of nitrogens with zero attached hydrogens (tertiary/aromatic N) is 3. The molecule has 6 heteroatoms. The van der Waals surface area contributed by atoms with Crippen LogP contribution in [-0.2, 0) is 18.4 Å². The number of hydrogen-bond acceptors (Lipinski definition) is 6. The van der Waals surface area contributed by atoms with Gasteiger partial charge in [-0.05, 0) is 6.92 Å². The van der Waals surface area contributed by atoms with Crippen LogP contribution in [0.1, 0.15) is 43.2 Å². The van der Waals surface area contributed by atoms with Crippen LogP contribution in [0.2, 0.25) is 0 Å². The van der Waals surface area contributed by atoms with Crippen LogP contribution in [0.5, 0.6) is 0 Å². The molecule has 104 valence electrons. The van der Waals surface area contributed by atoms with Gasteiger partial charge in [0.15, 0.2) is 5.82 Å². The van der Waals surface area contributed by atoms with Crippen LogP contribution in [0, 0.1) is 6.92 Å². The molecule has 0 aromatic carbocycles. The van der Waals surface area contributed by atoms with Crippen LogP contribution in [0.3, 0.4) is 0 Å². The number of rotatable bonds is 5. The van der Waals surface area contributed by atoms with E-state index in [9.17, 15) is 0 Å². The van der Waals surface area contributed by atoms with E-state index in [1.807, 2.05) is 6.92 Å². The van der Waals surface area contributed by atoms with E-state index >= 15 is 0 Å². The summed E-state index contributed by atoms with van der Waals surface area (Å²) in [5.41, 5.74) is 1.28. The maximum Gasteiger partial charge on any atom is 0.227 e. The van der Waals surface area contributed by atoms with E-state index in [2.05, 4.69) is 46.6 Å². The smallest absolute Gasteiger partial charge is 0.227 e. The van der Waals surface area contributed by atoms with Gasteiger partial charge in [-0.3, -0.25) is 0 Å². The number of hydrogen-bond donors (Lipinski definition) is 1. The molecule has 0 saturated heterocycles. The van der Waals surface area contributed by atoms with Crippen molar-refractivity contribution in [3.8, 4) is 0 Å². The zero-order valence-electron chi connectivity index (χ0n) is 11.9. The van der Waals surface area contributed by atoms with E-state index < -0.39 is 0 Å². The fourth-order valence-electron chi connectivity index (χ4n) is 1.57. The summed E-state index contributed by atoms with van der Waals surface area (Å²) in [6.07, 6.45) is 0.748. The second-order valence-electron chi connectivity index (χ2n) is 5.54. The second kappa shape index (κ2) is 5.79. The third-order valence-corrected chi connectivity index (χ3v) is 3.53. The lowest BCUT2D eigenvalue weighted by Gasteiger charge is -2.14. The van der Waals surface area contributed by atoms with Crippen molar-refractivity contribution in [3.63, 3.8) is 0 Å². The van der Waals surface area contributed by atoms with Crippen LogP contribution in [0.25, 0.3) is 0 Å². The van der Waals surface area contributed by atoms with E-state index in [1.54, 1.807) is 11.3 Å². The minimum atomic E-state index is 0.121. The van der Waals surface area contributed by atoms with Crippen LogP contribution in [-0.4, -0.2) is 21.7 Å². The molecule has 1 N–H and O–H groups in total. The van der Waals surface area contributed by atoms with Crippen molar-refractivity contribution in [1.29, 1.82) is 0 Å². The first-order valence-electron chi connectivity index (χ1n) is 6.40. The minimum Gasteiger partial charge on any atom is -0.339 e. The third kappa shape index (κ3) is 4.11. The predicted molar refractivity (Wildman–Crippen MR) is 75.3 cm³/mol. The lowest BCUT2D eigenvalue weighted by atomic mass is 9.93. The Morgan fingerprint density at radius 1 is 1.32 bits per heavy atom. The van der Waals surface area contributed by atoms with Crippen molar-refractivity contribution in [2.75, 3.05) is 6.54 Å². The molecule has 0 spiro atoms. The molecule has 0 saturated carbocycles. The first-order chi connectivity index (χ1) is 8.95. The quantitative estimate of drug-likeness (QED) is 0.852. The molecule has 0 unspecified atom stereocenters. The average Bonchev–Trinajstić information content (AvgIpc) is 2.93. The molecule has 19 heavy (non-hydrogen) atoms. The van der Waals surface area contributed by atoms with Crippen LogP contribution < -0.4 is 5.32 Å². The summed E-state index contributed by atoms with van der Waals surface area (Å²) in [4.78, 5) is 8.80. The summed E-state index contributed by atoms with van der Waals surface area (Å²) >= 11 is 1.70. The zero-order chi connectivity index (χ0) is 13.9. The molecule has 0 radical (unpaired) electrons. The summed E-state index contributed by atoms with van der Waals surface area (Å²) in [6, 6.07) is 0. The van der Waals surface area contributed by atoms with Crippen molar-refractivity contribution in [3.05, 3.63) is 27.8 Å². The summed E-state index contributed by atoms with van der Waals surface area (Å²) in [5, 5.41) is 10.4. The Morgan fingerprint density at radius 3 is 2.68 bits per heavy atom. The van der Waals surface area contributed by atoms with Gasteiger partial charge < -0.3 is 9.84 Å². The molecule has 2 heterocycles. The van der Waals surface area contributed by atoms with Crippen molar-refractivity contribution in [2.24, 2.45) is 0 Å². The third-order valence-electron chi connectivity index (χ3n) is 2.68. The van der Waals surface area contributed by atoms with Gasteiger partial charge >= 0.3 is 0 Å². The van der Waals surface area contributed by atoms with Gasteiger partial charge in [0.25, 0.3) is 0 Å². The molecule has 2 aromatic rings. The SMILES string of the molecule is Cc1noc(CCNCc2nc(C(C)(C)C)cs2)n1. The summed E-state index contributed by atoms with van der Waals surface area (Å²) in [7, 11) is 0. The van der Waals surface area contributed by atoms with Gasteiger partial charge in [0.05, 0.1) is 5.69 Å². The molecule has 0 aliphatic rings. The van der Waals surface area contributed by atoms with Crippen LogP contribution >= 0.6 is 11.3 Å². The molecule has 0 amide bonds. The second-order valence-corrected chi connectivity index (χ2v) is 6.48. The van der Waals surface area contributed by atoms with E-state index in [4.69, 9.17) is 4.52 Å². The topological polar surface area (TPSA) is 63.8 Å². The lowest BCUT2D eigenvalue weighted by molar-refractivity contribution is 0.372. The highest BCUT2D eigenvalue weighted by Crippen LogP contribution is 2.23. The Bertz CT molecular complexity index is 527. The van der Waals surface area contributed by atoms with Crippen molar-refractivity contribution < 1.29 is 4.52 Å². The van der Waals surface area contributed by atoms with Crippen molar-refractivity contribution in [2.45, 2.75) is 46.1 Å². The van der Waals surface area contributed by atoms with Gasteiger partial charge in [-0.1, -0.05) is 25.9 Å². The van der Waals surface area contributed by atoms with Crippen LogP contribution in [0.15, 0.2) is 9.90 Å². The maximum atomic E-state index is 5.05. The Morgan fingerprint density at radius 2 is 2.11 bits per heavy atom. The van der Waals surface area contributed by atoms with Gasteiger partial charge in [-0.25, -0.2) is 4.98 Å². The summed E-state index contributed by atoms with van der Waals surface area (Å²) in [6.45, 7) is 9.95. The molecule has 2 aromatic heterocycles. The van der Waals surface area contributed by atoms with E-state index in [-0.39, 0.29) is 5.41 Å². The molecule has 0 atom stereocenters. The van der Waals surface area contributed by atoms with Gasteiger partial charge in [-0.15, -0.1) is 11.3 Å². The largest absolute Gasteiger partial charge is 0.339 e. The van der Waals surface area contributed by atoms with Crippen LogP contribution in [0.4, 0.5) is 0 Å². The zero-order valence-corrected chi connectivity index (χ0v) is 12.7. The number of thiazole rings is 1. The summed E-state index contributed by atoms with van der Waals surface area (Å²) < 4.78 is 5.05. The van der Waals surface area contributed by atoms with E-state index in [0.29, 0.717) is 11.7 Å². The van der Waals surface area contributed by atoms with Crippen molar-refractivity contribution in [1.82, 2.24) is 20.4 Å². The number of aryl methyl sites for hydroxylation is 1.